The van der Waals surface area contributed by atoms with Gasteiger partial charge in [-0.25, -0.2) is 4.98 Å². The lowest BCUT2D eigenvalue weighted by Crippen LogP contribution is -2.64. The molecule has 6 atom stereocenters. The molecule has 8 nitrogen and oxygen atoms in total. The van der Waals surface area contributed by atoms with Crippen molar-refractivity contribution < 1.29 is 28.9 Å². The van der Waals surface area contributed by atoms with Crippen molar-refractivity contribution >= 4 is 28.7 Å². The first-order valence-electron chi connectivity index (χ1n) is 16.7. The summed E-state index contributed by atoms with van der Waals surface area (Å²) >= 11 is 5.86. The number of oxazole rings is 1. The quantitative estimate of drug-likeness (QED) is 0.179. The van der Waals surface area contributed by atoms with Gasteiger partial charge in [0.25, 0.3) is 0 Å². The summed E-state index contributed by atoms with van der Waals surface area (Å²) in [7, 11) is 2.23. The zero-order chi connectivity index (χ0) is 33.9. The number of carboxylic acids is 1. The van der Waals surface area contributed by atoms with Gasteiger partial charge >= 0.3 is 5.97 Å². The van der Waals surface area contributed by atoms with Gasteiger partial charge in [0, 0.05) is 33.5 Å². The van der Waals surface area contributed by atoms with Gasteiger partial charge < -0.3 is 29.0 Å². The molecule has 2 N–H and O–H groups in total. The van der Waals surface area contributed by atoms with E-state index in [0.29, 0.717) is 46.1 Å². The lowest BCUT2D eigenvalue weighted by Gasteiger charge is -2.56. The van der Waals surface area contributed by atoms with E-state index in [1.165, 1.54) is 11.1 Å². The van der Waals surface area contributed by atoms with Crippen LogP contribution < -0.4 is 9.47 Å². The number of benzene rings is 4. The Morgan fingerprint density at radius 2 is 1.88 bits per heavy atom. The van der Waals surface area contributed by atoms with Crippen LogP contribution in [-0.2, 0) is 23.2 Å². The van der Waals surface area contributed by atoms with Crippen LogP contribution in [0.25, 0.3) is 22.6 Å². The summed E-state index contributed by atoms with van der Waals surface area (Å²) in [6.45, 7) is 3.20. The van der Waals surface area contributed by atoms with Crippen LogP contribution in [-0.4, -0.2) is 57.9 Å². The number of likely N-dealkylation sites (tertiary alicyclic amines) is 1. The predicted molar refractivity (Wildman–Crippen MR) is 187 cm³/mol. The number of hydrogen-bond donors (Lipinski definition) is 2. The van der Waals surface area contributed by atoms with Crippen molar-refractivity contribution in [1.82, 2.24) is 9.88 Å². The molecule has 49 heavy (non-hydrogen) atoms. The molecule has 2 aliphatic heterocycles. The number of fused-ring (bicyclic) bond motifs is 1. The number of nitrogens with zero attached hydrogens (tertiary/aromatic N) is 2. The van der Waals surface area contributed by atoms with E-state index in [4.69, 9.17) is 30.6 Å². The van der Waals surface area contributed by atoms with Crippen LogP contribution in [0.3, 0.4) is 0 Å². The second-order valence-electron chi connectivity index (χ2n) is 13.5. The van der Waals surface area contributed by atoms with Gasteiger partial charge in [-0.15, -0.1) is 0 Å². The molecule has 2 aliphatic carbocycles. The average molecular weight is 677 g/mol. The van der Waals surface area contributed by atoms with E-state index in [1.807, 2.05) is 36.4 Å². The van der Waals surface area contributed by atoms with Crippen molar-refractivity contribution in [3.8, 4) is 23.0 Å². The van der Waals surface area contributed by atoms with Gasteiger partial charge in [0.05, 0.1) is 5.92 Å². The molecule has 0 radical (unpaired) electrons. The molecule has 4 aromatic carbocycles. The van der Waals surface area contributed by atoms with Gasteiger partial charge in [-0.05, 0) is 92.5 Å². The molecule has 3 heterocycles. The molecule has 1 aromatic heterocycles. The van der Waals surface area contributed by atoms with Crippen LogP contribution in [0.1, 0.15) is 41.5 Å². The van der Waals surface area contributed by atoms with Gasteiger partial charge in [-0.1, -0.05) is 66.2 Å². The minimum atomic E-state index is -0.865. The fourth-order valence-electron chi connectivity index (χ4n) is 8.15. The van der Waals surface area contributed by atoms with Crippen molar-refractivity contribution in [3.63, 3.8) is 0 Å². The van der Waals surface area contributed by atoms with Crippen molar-refractivity contribution in [3.05, 3.63) is 124 Å². The highest BCUT2D eigenvalue weighted by Crippen LogP contribution is 2.62. The Hall–Kier alpha value is -4.63. The number of carboxylic acid groups (broad SMARTS) is 1. The lowest BCUT2D eigenvalue weighted by atomic mass is 9.53. The molecule has 5 aromatic rings. The van der Waals surface area contributed by atoms with E-state index < -0.39 is 18.0 Å². The molecule has 1 unspecified atom stereocenters. The standard InChI is InChI=1S/C24H25NO3.C16H12ClNO3/c1-25-12-11-24-17-8-9-19(26)23(24)28-22-20(27-14-15-5-3-2-4-6-15)10-7-16(21(22)24)13-18(17)25;1-9(16(19)20)11-4-7-14-13(8-11)18-15(21-14)10-2-5-12(17)6-3-10/h2-10,17-19,23,26H,11-14H2,1H3;2-9H,1H3,(H,19,20)/t17-,18+,19-,23-,24-;/m0./s1. The Morgan fingerprint density at radius 1 is 1.08 bits per heavy atom. The summed E-state index contributed by atoms with van der Waals surface area (Å²) in [6.07, 6.45) is 5.45. The molecule has 1 fully saturated rings. The number of rotatable bonds is 6. The maximum atomic E-state index is 11.0. The molecular formula is C40H37ClN2O6. The van der Waals surface area contributed by atoms with Gasteiger partial charge in [0.1, 0.15) is 24.3 Å². The maximum absolute atomic E-state index is 11.0. The van der Waals surface area contributed by atoms with Crippen LogP contribution in [0.4, 0.5) is 0 Å². The predicted octanol–water partition coefficient (Wildman–Crippen LogP) is 7.41. The zero-order valence-corrected chi connectivity index (χ0v) is 28.0. The van der Waals surface area contributed by atoms with Crippen LogP contribution in [0.2, 0.25) is 5.02 Å². The summed E-state index contributed by atoms with van der Waals surface area (Å²) in [6, 6.07) is 27.4. The number of aromatic nitrogens is 1. The topological polar surface area (TPSA) is 105 Å². The van der Waals surface area contributed by atoms with Crippen LogP contribution in [0.15, 0.2) is 101 Å². The van der Waals surface area contributed by atoms with E-state index in [9.17, 15) is 9.90 Å². The Kier molecular flexibility index (Phi) is 7.98. The van der Waals surface area contributed by atoms with Gasteiger partial charge in [-0.2, -0.15) is 0 Å². The number of halogens is 1. The molecule has 4 aliphatic rings. The van der Waals surface area contributed by atoms with Gasteiger partial charge in [-0.3, -0.25) is 4.79 Å². The van der Waals surface area contributed by atoms with Gasteiger partial charge in [0.2, 0.25) is 5.89 Å². The minimum Gasteiger partial charge on any atom is -0.485 e. The van der Waals surface area contributed by atoms with E-state index in [2.05, 4.69) is 47.3 Å². The fourth-order valence-corrected chi connectivity index (χ4v) is 8.28. The van der Waals surface area contributed by atoms with E-state index in [0.717, 1.165) is 42.0 Å². The average Bonchev–Trinajstić information content (AvgIpc) is 3.70. The Balaban J connectivity index is 0.000000149. The van der Waals surface area contributed by atoms with Crippen molar-refractivity contribution in [1.29, 1.82) is 0 Å². The zero-order valence-electron chi connectivity index (χ0n) is 27.3. The number of aliphatic hydroxyl groups is 1. The molecule has 9 rings (SSSR count). The lowest BCUT2D eigenvalue weighted by molar-refractivity contribution is -0.138. The van der Waals surface area contributed by atoms with Crippen LogP contribution >= 0.6 is 11.6 Å². The second kappa shape index (κ2) is 12.4. The molecule has 1 spiro atoms. The first-order chi connectivity index (χ1) is 23.7. The molecule has 0 amide bonds. The molecule has 9 heteroatoms. The van der Waals surface area contributed by atoms with Crippen molar-refractivity contribution in [2.75, 3.05) is 13.6 Å². The summed E-state index contributed by atoms with van der Waals surface area (Å²) in [4.78, 5) is 17.9. The molecule has 1 saturated heterocycles. The third-order valence-electron chi connectivity index (χ3n) is 10.7. The molecular weight excluding hydrogens is 640 g/mol. The molecule has 0 saturated carbocycles. The summed E-state index contributed by atoms with van der Waals surface area (Å²) in [5.74, 6) is 1.10. The summed E-state index contributed by atoms with van der Waals surface area (Å²) in [5, 5.41) is 20.5. The Bertz CT molecular complexity index is 2060. The smallest absolute Gasteiger partial charge is 0.310 e. The normalized spacial score (nSPS) is 25.1. The maximum Gasteiger partial charge on any atom is 0.310 e. The van der Waals surface area contributed by atoms with Crippen LogP contribution in [0.5, 0.6) is 11.5 Å². The van der Waals surface area contributed by atoms with Crippen molar-refractivity contribution in [2.45, 2.75) is 56.0 Å². The number of carbonyl (C=O) groups is 1. The molecule has 2 bridgehead atoms. The number of aliphatic carboxylic acids is 1. The number of piperidine rings is 1. The summed E-state index contributed by atoms with van der Waals surface area (Å²) in [5.41, 5.74) is 6.47. The SMILES string of the molecule is CC(C(=O)O)c1ccc2oc(-c3ccc(Cl)cc3)nc2c1.CN1CC[C@]23c4c5ccc(OCc6ccccc6)c4O[C@H]2[C@@H](O)C=C[C@H]3[C@H]1C5. The van der Waals surface area contributed by atoms with Crippen molar-refractivity contribution in [2.24, 2.45) is 5.92 Å². The first-order valence-corrected chi connectivity index (χ1v) is 17.1. The highest BCUT2D eigenvalue weighted by atomic mass is 35.5. The number of hydrogen-bond acceptors (Lipinski definition) is 7. The highest BCUT2D eigenvalue weighted by molar-refractivity contribution is 6.30. The first kappa shape index (κ1) is 31.6. The third-order valence-corrected chi connectivity index (χ3v) is 11.0. The second-order valence-corrected chi connectivity index (χ2v) is 13.9. The highest BCUT2D eigenvalue weighted by Gasteiger charge is 2.64. The number of aliphatic hydroxyl groups excluding tert-OH is 1. The summed E-state index contributed by atoms with van der Waals surface area (Å²) < 4.78 is 18.4. The van der Waals surface area contributed by atoms with Gasteiger partial charge in [0.15, 0.2) is 17.1 Å². The number of likely N-dealkylation sites (N-methyl/N-ethyl adjacent to an activating group) is 1. The van der Waals surface area contributed by atoms with E-state index >= 15 is 0 Å². The Labute approximate surface area is 289 Å². The third kappa shape index (κ3) is 5.39. The van der Waals surface area contributed by atoms with E-state index in [1.54, 1.807) is 37.3 Å². The van der Waals surface area contributed by atoms with Crippen LogP contribution in [0, 0.1) is 5.92 Å². The molecule has 250 valence electrons. The Morgan fingerprint density at radius 3 is 2.65 bits per heavy atom. The monoisotopic (exact) mass is 676 g/mol. The van der Waals surface area contributed by atoms with E-state index in [-0.39, 0.29) is 11.5 Å². The fraction of sp³-hybridized carbons (Fsp3) is 0.300. The largest absolute Gasteiger partial charge is 0.485 e. The minimum absolute atomic E-state index is 0.125. The number of ether oxygens (including phenoxy) is 2.